The number of hydrogen-bond donors (Lipinski definition) is 0. The van der Waals surface area contributed by atoms with Gasteiger partial charge in [0.25, 0.3) is 0 Å². The van der Waals surface area contributed by atoms with Crippen molar-refractivity contribution in [3.05, 3.63) is 58.7 Å². The molecule has 25 heavy (non-hydrogen) atoms. The SMILES string of the molecule is CCCCC1=C2c3c(ccc(c3-c3ccc(CCC)cc3)[Si]2(C)C)C1. The summed E-state index contributed by atoms with van der Waals surface area (Å²) in [6, 6.07) is 14.3. The molecule has 1 aliphatic carbocycles. The quantitative estimate of drug-likeness (QED) is 0.540. The zero-order chi connectivity index (χ0) is 17.6. The Kier molecular flexibility index (Phi) is 4.23. The molecule has 2 aromatic carbocycles. The number of fused-ring (bicyclic) bond motifs is 1. The molecule has 2 aromatic rings. The second-order valence-electron chi connectivity index (χ2n) is 8.35. The molecule has 0 atom stereocenters. The van der Waals surface area contributed by atoms with E-state index in [4.69, 9.17) is 0 Å². The van der Waals surface area contributed by atoms with E-state index in [0.717, 1.165) is 0 Å². The van der Waals surface area contributed by atoms with Crippen molar-refractivity contribution in [3.8, 4) is 11.1 Å². The minimum atomic E-state index is -1.53. The predicted octanol–water partition coefficient (Wildman–Crippen LogP) is 6.27. The van der Waals surface area contributed by atoms with Crippen molar-refractivity contribution < 1.29 is 0 Å². The van der Waals surface area contributed by atoms with Gasteiger partial charge in [-0.15, -0.1) is 0 Å². The lowest BCUT2D eigenvalue weighted by Gasteiger charge is -2.22. The van der Waals surface area contributed by atoms with Crippen LogP contribution in [0, 0.1) is 0 Å². The molecule has 0 spiro atoms. The zero-order valence-corrected chi connectivity index (χ0v) is 17.2. The van der Waals surface area contributed by atoms with Gasteiger partial charge in [0.2, 0.25) is 0 Å². The van der Waals surface area contributed by atoms with Crippen molar-refractivity contribution in [1.29, 1.82) is 0 Å². The van der Waals surface area contributed by atoms with Gasteiger partial charge in [-0.2, -0.15) is 0 Å². The summed E-state index contributed by atoms with van der Waals surface area (Å²) in [4.78, 5) is 0. The van der Waals surface area contributed by atoms with Crippen LogP contribution in [0.1, 0.15) is 56.2 Å². The van der Waals surface area contributed by atoms with Gasteiger partial charge < -0.3 is 0 Å². The van der Waals surface area contributed by atoms with E-state index in [9.17, 15) is 0 Å². The summed E-state index contributed by atoms with van der Waals surface area (Å²) in [6.45, 7) is 9.71. The number of rotatable bonds is 6. The van der Waals surface area contributed by atoms with E-state index in [0.29, 0.717) is 0 Å². The summed E-state index contributed by atoms with van der Waals surface area (Å²) in [7, 11) is -1.53. The Bertz CT molecular complexity index is 837. The maximum absolute atomic E-state index is 2.57. The maximum Gasteiger partial charge on any atom is 0.113 e. The van der Waals surface area contributed by atoms with Crippen LogP contribution in [-0.2, 0) is 12.8 Å². The van der Waals surface area contributed by atoms with E-state index >= 15 is 0 Å². The Hall–Kier alpha value is -1.60. The number of aryl methyl sites for hydroxylation is 1. The third-order valence-electron chi connectivity index (χ3n) is 6.21. The standard InChI is InChI=1S/C24H30Si/c1-5-7-9-20-16-19-14-15-21-22(23(19)24(20)25(21,3)4)18-12-10-17(8-6-2)11-13-18/h10-15H,5-9,16H2,1-4H3. The van der Waals surface area contributed by atoms with Crippen LogP contribution in [0.3, 0.4) is 0 Å². The fourth-order valence-corrected chi connectivity index (χ4v) is 8.69. The van der Waals surface area contributed by atoms with E-state index in [1.165, 1.54) is 49.7 Å². The summed E-state index contributed by atoms with van der Waals surface area (Å²) in [6.07, 6.45) is 7.56. The van der Waals surface area contributed by atoms with Gasteiger partial charge >= 0.3 is 0 Å². The van der Waals surface area contributed by atoms with Crippen LogP contribution in [0.4, 0.5) is 0 Å². The molecule has 0 amide bonds. The Labute approximate surface area is 154 Å². The normalized spacial score (nSPS) is 16.8. The van der Waals surface area contributed by atoms with Gasteiger partial charge in [-0.05, 0) is 63.9 Å². The summed E-state index contributed by atoms with van der Waals surface area (Å²) < 4.78 is 0. The van der Waals surface area contributed by atoms with E-state index in [1.54, 1.807) is 32.6 Å². The van der Waals surface area contributed by atoms with Gasteiger partial charge in [0.1, 0.15) is 8.07 Å². The molecule has 0 fully saturated rings. The fraction of sp³-hybridized carbons (Fsp3) is 0.417. The van der Waals surface area contributed by atoms with Crippen LogP contribution in [0.5, 0.6) is 0 Å². The first kappa shape index (κ1) is 16.8. The van der Waals surface area contributed by atoms with Crippen molar-refractivity contribution >= 4 is 18.5 Å². The van der Waals surface area contributed by atoms with Crippen molar-refractivity contribution in [3.63, 3.8) is 0 Å². The van der Waals surface area contributed by atoms with E-state index in [-0.39, 0.29) is 0 Å². The predicted molar refractivity (Wildman–Crippen MR) is 113 cm³/mol. The van der Waals surface area contributed by atoms with Gasteiger partial charge in [0.15, 0.2) is 0 Å². The summed E-state index contributed by atoms with van der Waals surface area (Å²) in [5, 5.41) is 3.46. The molecule has 0 saturated heterocycles. The highest BCUT2D eigenvalue weighted by molar-refractivity contribution is 7.07. The second-order valence-corrected chi connectivity index (χ2v) is 12.6. The summed E-state index contributed by atoms with van der Waals surface area (Å²) in [5.74, 6) is 0. The molecule has 1 heteroatoms. The average molecular weight is 347 g/mol. The maximum atomic E-state index is 2.57. The minimum Gasteiger partial charge on any atom is -0.0655 e. The van der Waals surface area contributed by atoms with Gasteiger partial charge in [-0.25, -0.2) is 0 Å². The van der Waals surface area contributed by atoms with E-state index in [2.05, 4.69) is 63.3 Å². The summed E-state index contributed by atoms with van der Waals surface area (Å²) in [5.41, 5.74) is 9.50. The number of unbranched alkanes of at least 4 members (excludes halogenated alkanes) is 1. The third kappa shape index (κ3) is 2.55. The van der Waals surface area contributed by atoms with Crippen LogP contribution in [0.15, 0.2) is 42.0 Å². The summed E-state index contributed by atoms with van der Waals surface area (Å²) >= 11 is 0. The lowest BCUT2D eigenvalue weighted by molar-refractivity contribution is 0.778. The van der Waals surface area contributed by atoms with E-state index < -0.39 is 8.07 Å². The van der Waals surface area contributed by atoms with Crippen molar-refractivity contribution in [2.24, 2.45) is 0 Å². The topological polar surface area (TPSA) is 0 Å². The van der Waals surface area contributed by atoms with Gasteiger partial charge in [-0.3, -0.25) is 0 Å². The molecule has 0 radical (unpaired) electrons. The van der Waals surface area contributed by atoms with Crippen LogP contribution >= 0.6 is 0 Å². The molecule has 0 aromatic heterocycles. The Morgan fingerprint density at radius 2 is 1.60 bits per heavy atom. The molecular formula is C24H30Si. The van der Waals surface area contributed by atoms with Crippen LogP contribution < -0.4 is 5.19 Å². The molecule has 0 unspecified atom stereocenters. The molecule has 1 aliphatic heterocycles. The lowest BCUT2D eigenvalue weighted by Crippen LogP contribution is -2.39. The van der Waals surface area contributed by atoms with Crippen LogP contribution in [-0.4, -0.2) is 8.07 Å². The largest absolute Gasteiger partial charge is 0.113 e. The molecule has 0 saturated carbocycles. The first-order valence-corrected chi connectivity index (χ1v) is 13.1. The first-order chi connectivity index (χ1) is 12.1. The second kappa shape index (κ2) is 6.28. The van der Waals surface area contributed by atoms with Crippen LogP contribution in [0.2, 0.25) is 13.1 Å². The molecule has 130 valence electrons. The zero-order valence-electron chi connectivity index (χ0n) is 16.2. The lowest BCUT2D eigenvalue weighted by atomic mass is 9.96. The smallest absolute Gasteiger partial charge is 0.0655 e. The minimum absolute atomic E-state index is 1.19. The molecular weight excluding hydrogens is 316 g/mol. The van der Waals surface area contributed by atoms with Gasteiger partial charge in [0, 0.05) is 0 Å². The molecule has 0 N–H and O–H groups in total. The molecule has 2 bridgehead atoms. The fourth-order valence-electron chi connectivity index (χ4n) is 5.01. The Morgan fingerprint density at radius 1 is 0.840 bits per heavy atom. The average Bonchev–Trinajstić information content (AvgIpc) is 3.05. The first-order valence-electron chi connectivity index (χ1n) is 10.1. The molecule has 1 heterocycles. The van der Waals surface area contributed by atoms with Gasteiger partial charge in [0.05, 0.1) is 0 Å². The van der Waals surface area contributed by atoms with Crippen LogP contribution in [0.25, 0.3) is 16.3 Å². The Morgan fingerprint density at radius 3 is 2.28 bits per heavy atom. The molecule has 0 nitrogen and oxygen atoms in total. The Balaban J connectivity index is 1.84. The van der Waals surface area contributed by atoms with E-state index in [1.807, 2.05) is 0 Å². The van der Waals surface area contributed by atoms with Crippen molar-refractivity contribution in [2.75, 3.05) is 0 Å². The van der Waals surface area contributed by atoms with Gasteiger partial charge in [-0.1, -0.05) is 81.8 Å². The van der Waals surface area contributed by atoms with Crippen molar-refractivity contribution in [1.82, 2.24) is 0 Å². The van der Waals surface area contributed by atoms with Crippen molar-refractivity contribution in [2.45, 2.75) is 65.5 Å². The number of allylic oxidation sites excluding steroid dienone is 1. The monoisotopic (exact) mass is 346 g/mol. The highest BCUT2D eigenvalue weighted by Crippen LogP contribution is 2.50. The molecule has 4 rings (SSSR count). The number of hydrogen-bond acceptors (Lipinski definition) is 0. The highest BCUT2D eigenvalue weighted by Gasteiger charge is 2.45. The highest BCUT2D eigenvalue weighted by atomic mass is 28.3. The molecule has 2 aliphatic rings. The number of benzene rings is 2. The third-order valence-corrected chi connectivity index (χ3v) is 9.83.